The molecule has 1 N–H and O–H groups in total. The number of rotatable bonds is 2. The van der Waals surface area contributed by atoms with Crippen molar-refractivity contribution in [1.29, 1.82) is 0 Å². The van der Waals surface area contributed by atoms with Gasteiger partial charge in [0.05, 0.1) is 16.8 Å². The lowest BCUT2D eigenvalue weighted by atomic mass is 10.2. The smallest absolute Gasteiger partial charge is 0.125 e. The quantitative estimate of drug-likeness (QED) is 0.870. The minimum Gasteiger partial charge on any atom is -0.387 e. The summed E-state index contributed by atoms with van der Waals surface area (Å²) < 4.78 is 0. The number of aliphatic hydroxyl groups excluding tert-OH is 1. The molecule has 0 aliphatic rings. The Labute approximate surface area is 97.2 Å². The lowest BCUT2D eigenvalue weighted by molar-refractivity contribution is 0.195. The molecule has 1 unspecified atom stereocenters. The van der Waals surface area contributed by atoms with E-state index >= 15 is 0 Å². The Morgan fingerprint density at radius 1 is 1.40 bits per heavy atom. The first kappa shape index (κ1) is 10.6. The molecule has 0 spiro atoms. The van der Waals surface area contributed by atoms with Crippen molar-refractivity contribution in [2.75, 3.05) is 0 Å². The van der Waals surface area contributed by atoms with Crippen LogP contribution in [0.5, 0.6) is 0 Å². The molecule has 0 aliphatic heterocycles. The molecule has 2 nitrogen and oxygen atoms in total. The van der Waals surface area contributed by atoms with Crippen LogP contribution in [0.1, 0.15) is 18.7 Å². The van der Waals surface area contributed by atoms with Crippen LogP contribution in [0.25, 0.3) is 10.6 Å². The molecule has 0 saturated carbocycles. The Morgan fingerprint density at radius 3 is 2.73 bits per heavy atom. The molecule has 2 aromatic rings. The summed E-state index contributed by atoms with van der Waals surface area (Å²) in [7, 11) is 0. The number of benzene rings is 1. The van der Waals surface area contributed by atoms with E-state index in [4.69, 9.17) is 11.6 Å². The number of nitrogens with zero attached hydrogens (tertiary/aromatic N) is 1. The van der Waals surface area contributed by atoms with Crippen LogP contribution in [0, 0.1) is 0 Å². The summed E-state index contributed by atoms with van der Waals surface area (Å²) in [5.74, 6) is 0. The molecule has 0 saturated heterocycles. The van der Waals surface area contributed by atoms with Crippen molar-refractivity contribution in [3.63, 3.8) is 0 Å². The molecule has 0 amide bonds. The van der Waals surface area contributed by atoms with E-state index in [1.54, 1.807) is 6.92 Å². The maximum Gasteiger partial charge on any atom is 0.125 e. The Kier molecular flexibility index (Phi) is 3.05. The highest BCUT2D eigenvalue weighted by molar-refractivity contribution is 7.13. The van der Waals surface area contributed by atoms with Crippen LogP contribution in [0.4, 0.5) is 0 Å². The third-order valence-electron chi connectivity index (χ3n) is 2.05. The minimum absolute atomic E-state index is 0.530. The van der Waals surface area contributed by atoms with Gasteiger partial charge in [0.2, 0.25) is 0 Å². The zero-order chi connectivity index (χ0) is 10.8. The van der Waals surface area contributed by atoms with Crippen LogP contribution in [-0.2, 0) is 0 Å². The summed E-state index contributed by atoms with van der Waals surface area (Å²) in [6.07, 6.45) is -0.530. The van der Waals surface area contributed by atoms with Crippen LogP contribution in [-0.4, -0.2) is 10.1 Å². The Morgan fingerprint density at radius 2 is 2.13 bits per heavy atom. The Balaban J connectivity index is 2.42. The van der Waals surface area contributed by atoms with Gasteiger partial charge in [0.25, 0.3) is 0 Å². The summed E-state index contributed by atoms with van der Waals surface area (Å²) in [6.45, 7) is 1.70. The zero-order valence-electron chi connectivity index (χ0n) is 8.14. The fourth-order valence-corrected chi connectivity index (χ4v) is 2.46. The van der Waals surface area contributed by atoms with Crippen molar-refractivity contribution >= 4 is 22.9 Å². The van der Waals surface area contributed by atoms with Gasteiger partial charge in [-0.3, -0.25) is 0 Å². The first-order valence-corrected chi connectivity index (χ1v) is 5.82. The molecular weight excluding hydrogens is 230 g/mol. The maximum absolute atomic E-state index is 9.36. The molecule has 15 heavy (non-hydrogen) atoms. The van der Waals surface area contributed by atoms with E-state index in [0.717, 1.165) is 10.6 Å². The van der Waals surface area contributed by atoms with E-state index in [2.05, 4.69) is 4.98 Å². The van der Waals surface area contributed by atoms with Gasteiger partial charge in [-0.15, -0.1) is 11.3 Å². The van der Waals surface area contributed by atoms with Gasteiger partial charge < -0.3 is 5.11 Å². The lowest BCUT2D eigenvalue weighted by Crippen LogP contribution is -1.90. The van der Waals surface area contributed by atoms with Crippen LogP contribution >= 0.6 is 22.9 Å². The number of aromatic nitrogens is 1. The van der Waals surface area contributed by atoms with Crippen LogP contribution < -0.4 is 0 Å². The van der Waals surface area contributed by atoms with E-state index in [0.29, 0.717) is 10.7 Å². The zero-order valence-corrected chi connectivity index (χ0v) is 9.72. The largest absolute Gasteiger partial charge is 0.387 e. The summed E-state index contributed by atoms with van der Waals surface area (Å²) in [6, 6.07) is 7.56. The molecule has 1 heterocycles. The second-order valence-corrected chi connectivity index (χ2v) is 4.50. The van der Waals surface area contributed by atoms with Crippen molar-refractivity contribution in [2.24, 2.45) is 0 Å². The molecule has 0 radical (unpaired) electrons. The minimum atomic E-state index is -0.530. The van der Waals surface area contributed by atoms with E-state index in [9.17, 15) is 5.11 Å². The number of thiazole rings is 1. The van der Waals surface area contributed by atoms with Gasteiger partial charge in [-0.25, -0.2) is 4.98 Å². The third-order valence-corrected chi connectivity index (χ3v) is 3.28. The number of aliphatic hydroxyl groups is 1. The highest BCUT2D eigenvalue weighted by Gasteiger charge is 2.10. The van der Waals surface area contributed by atoms with Crippen molar-refractivity contribution in [3.8, 4) is 10.6 Å². The molecule has 0 aliphatic carbocycles. The molecule has 2 rings (SSSR count). The van der Waals surface area contributed by atoms with Crippen molar-refractivity contribution in [3.05, 3.63) is 40.4 Å². The van der Waals surface area contributed by atoms with Gasteiger partial charge in [0.1, 0.15) is 5.01 Å². The van der Waals surface area contributed by atoms with Gasteiger partial charge >= 0.3 is 0 Å². The van der Waals surface area contributed by atoms with Crippen LogP contribution in [0.2, 0.25) is 5.02 Å². The molecule has 0 bridgehead atoms. The lowest BCUT2D eigenvalue weighted by Gasteiger charge is -1.99. The molecule has 78 valence electrons. The predicted octanol–water partition coefficient (Wildman–Crippen LogP) is 3.52. The topological polar surface area (TPSA) is 33.1 Å². The van der Waals surface area contributed by atoms with Gasteiger partial charge in [-0.2, -0.15) is 0 Å². The van der Waals surface area contributed by atoms with Crippen molar-refractivity contribution in [1.82, 2.24) is 4.98 Å². The predicted molar refractivity (Wildman–Crippen MR) is 63.2 cm³/mol. The van der Waals surface area contributed by atoms with Crippen molar-refractivity contribution < 1.29 is 5.11 Å². The first-order valence-electron chi connectivity index (χ1n) is 4.57. The van der Waals surface area contributed by atoms with E-state index in [1.165, 1.54) is 11.3 Å². The average Bonchev–Trinajstić information content (AvgIpc) is 2.67. The van der Waals surface area contributed by atoms with Gasteiger partial charge in [-0.1, -0.05) is 29.8 Å². The molecule has 4 heteroatoms. The fraction of sp³-hybridized carbons (Fsp3) is 0.182. The third kappa shape index (κ3) is 2.20. The highest BCUT2D eigenvalue weighted by Crippen LogP contribution is 2.31. The van der Waals surface area contributed by atoms with Crippen LogP contribution in [0.3, 0.4) is 0 Å². The summed E-state index contributed by atoms with van der Waals surface area (Å²) in [5, 5.41) is 12.7. The standard InChI is InChI=1S/C11H10ClNOS/c1-7(14)10-6-15-11(13-10)8-4-2-3-5-9(8)12/h2-7,14H,1H3. The second kappa shape index (κ2) is 4.31. The molecule has 1 atom stereocenters. The van der Waals surface area contributed by atoms with Crippen molar-refractivity contribution in [2.45, 2.75) is 13.0 Å². The monoisotopic (exact) mass is 239 g/mol. The Hall–Kier alpha value is -0.900. The number of halogens is 1. The molecular formula is C11H10ClNOS. The van der Waals surface area contributed by atoms with E-state index in [-0.39, 0.29) is 0 Å². The van der Waals surface area contributed by atoms with E-state index in [1.807, 2.05) is 29.6 Å². The first-order chi connectivity index (χ1) is 7.18. The molecule has 0 fully saturated rings. The summed E-state index contributed by atoms with van der Waals surface area (Å²) in [4.78, 5) is 4.32. The van der Waals surface area contributed by atoms with Gasteiger partial charge in [-0.05, 0) is 13.0 Å². The average molecular weight is 240 g/mol. The number of hydrogen-bond donors (Lipinski definition) is 1. The Bertz CT molecular complexity index is 467. The van der Waals surface area contributed by atoms with Crippen LogP contribution in [0.15, 0.2) is 29.6 Å². The normalized spacial score (nSPS) is 12.7. The summed E-state index contributed by atoms with van der Waals surface area (Å²) in [5.41, 5.74) is 1.60. The van der Waals surface area contributed by atoms with Gasteiger partial charge in [0.15, 0.2) is 0 Å². The summed E-state index contributed by atoms with van der Waals surface area (Å²) >= 11 is 7.54. The SMILES string of the molecule is CC(O)c1csc(-c2ccccc2Cl)n1. The second-order valence-electron chi connectivity index (χ2n) is 3.23. The van der Waals surface area contributed by atoms with E-state index < -0.39 is 6.10 Å². The fourth-order valence-electron chi connectivity index (χ4n) is 1.24. The molecule has 1 aromatic carbocycles. The molecule has 1 aromatic heterocycles. The maximum atomic E-state index is 9.36. The van der Waals surface area contributed by atoms with Gasteiger partial charge in [0, 0.05) is 10.9 Å². The highest BCUT2D eigenvalue weighted by atomic mass is 35.5. The number of hydrogen-bond acceptors (Lipinski definition) is 3.